The Labute approximate surface area is 106 Å². The number of aromatic nitrogens is 2. The van der Waals surface area contributed by atoms with E-state index >= 15 is 0 Å². The van der Waals surface area contributed by atoms with Gasteiger partial charge in [-0.15, -0.1) is 0 Å². The highest BCUT2D eigenvalue weighted by Crippen LogP contribution is 2.24. The van der Waals surface area contributed by atoms with Crippen molar-refractivity contribution in [1.29, 1.82) is 0 Å². The molecule has 0 atom stereocenters. The molecule has 2 aromatic rings. The summed E-state index contributed by atoms with van der Waals surface area (Å²) in [7, 11) is 0. The van der Waals surface area contributed by atoms with E-state index in [0.29, 0.717) is 5.69 Å². The van der Waals surface area contributed by atoms with Gasteiger partial charge in [0.2, 0.25) is 5.91 Å². The summed E-state index contributed by atoms with van der Waals surface area (Å²) >= 11 is 0.817. The number of hydrogen-bond donors (Lipinski definition) is 1. The largest absolute Gasteiger partial charge is 0.345 e. The van der Waals surface area contributed by atoms with Crippen LogP contribution in [0.15, 0.2) is 30.6 Å². The zero-order chi connectivity index (χ0) is 13.0. The molecule has 2 aromatic heterocycles. The molecule has 0 saturated carbocycles. The number of thiazole rings is 1. The normalized spacial score (nSPS) is 10.0. The van der Waals surface area contributed by atoms with Crippen LogP contribution < -0.4 is 5.32 Å². The van der Waals surface area contributed by atoms with Gasteiger partial charge in [0.05, 0.1) is 11.3 Å². The van der Waals surface area contributed by atoms with Crippen LogP contribution in [0.3, 0.4) is 0 Å². The van der Waals surface area contributed by atoms with Gasteiger partial charge in [-0.2, -0.15) is 0 Å². The molecule has 1 amide bonds. The molecule has 0 saturated heterocycles. The summed E-state index contributed by atoms with van der Waals surface area (Å²) in [6.07, 6.45) is 2.81. The molecule has 2 rings (SSSR count). The van der Waals surface area contributed by atoms with Crippen LogP contribution >= 0.6 is 11.3 Å². The number of amides is 1. The van der Waals surface area contributed by atoms with E-state index in [1.165, 1.54) is 0 Å². The molecule has 7 nitrogen and oxygen atoms in total. The number of anilines is 1. The highest BCUT2D eigenvalue weighted by Gasteiger charge is 2.13. The number of nitro groups is 1. The van der Waals surface area contributed by atoms with Gasteiger partial charge in [-0.1, -0.05) is 6.07 Å². The van der Waals surface area contributed by atoms with Crippen molar-refractivity contribution in [2.45, 2.75) is 6.42 Å². The first-order valence-corrected chi connectivity index (χ1v) is 5.77. The summed E-state index contributed by atoms with van der Waals surface area (Å²) in [4.78, 5) is 29.3. The van der Waals surface area contributed by atoms with Crippen molar-refractivity contribution >= 4 is 27.4 Å². The zero-order valence-electron chi connectivity index (χ0n) is 9.07. The van der Waals surface area contributed by atoms with E-state index < -0.39 is 4.92 Å². The Morgan fingerprint density at radius 3 is 2.89 bits per heavy atom. The summed E-state index contributed by atoms with van der Waals surface area (Å²) < 4.78 is 0. The van der Waals surface area contributed by atoms with Crippen LogP contribution in [0.2, 0.25) is 0 Å². The van der Waals surface area contributed by atoms with Crippen molar-refractivity contribution in [3.63, 3.8) is 0 Å². The Morgan fingerprint density at radius 2 is 2.28 bits per heavy atom. The quantitative estimate of drug-likeness (QED) is 0.668. The van der Waals surface area contributed by atoms with Gasteiger partial charge in [0.1, 0.15) is 6.20 Å². The van der Waals surface area contributed by atoms with E-state index in [1.807, 2.05) is 0 Å². The molecular formula is C10H8N4O3S. The third-order valence-electron chi connectivity index (χ3n) is 1.99. The molecular weight excluding hydrogens is 256 g/mol. The molecule has 1 N–H and O–H groups in total. The van der Waals surface area contributed by atoms with Crippen molar-refractivity contribution in [3.8, 4) is 0 Å². The third kappa shape index (κ3) is 3.08. The van der Waals surface area contributed by atoms with E-state index in [0.717, 1.165) is 17.5 Å². The second kappa shape index (κ2) is 5.32. The number of nitrogens with zero attached hydrogens (tertiary/aromatic N) is 3. The maximum Gasteiger partial charge on any atom is 0.345 e. The Hall–Kier alpha value is -2.35. The van der Waals surface area contributed by atoms with E-state index in [1.54, 1.807) is 24.4 Å². The molecule has 0 aliphatic rings. The van der Waals surface area contributed by atoms with Gasteiger partial charge in [0.25, 0.3) is 0 Å². The number of hydrogen-bond acceptors (Lipinski definition) is 6. The second-order valence-corrected chi connectivity index (χ2v) is 4.32. The van der Waals surface area contributed by atoms with Crippen LogP contribution in [0.5, 0.6) is 0 Å². The molecule has 0 spiro atoms. The lowest BCUT2D eigenvalue weighted by Crippen LogP contribution is -2.14. The van der Waals surface area contributed by atoms with Crippen LogP contribution in [0.4, 0.5) is 10.1 Å². The smallest absolute Gasteiger partial charge is 0.301 e. The van der Waals surface area contributed by atoms with Crippen molar-refractivity contribution in [2.24, 2.45) is 0 Å². The van der Waals surface area contributed by atoms with Crippen molar-refractivity contribution in [1.82, 2.24) is 9.97 Å². The molecule has 0 radical (unpaired) electrons. The monoisotopic (exact) mass is 264 g/mol. The van der Waals surface area contributed by atoms with Crippen LogP contribution in [0, 0.1) is 10.1 Å². The Morgan fingerprint density at radius 1 is 1.44 bits per heavy atom. The fourth-order valence-electron chi connectivity index (χ4n) is 1.24. The highest BCUT2D eigenvalue weighted by atomic mass is 32.1. The first kappa shape index (κ1) is 12.1. The minimum atomic E-state index is -0.550. The van der Waals surface area contributed by atoms with E-state index in [-0.39, 0.29) is 22.5 Å². The predicted molar refractivity (Wildman–Crippen MR) is 65.3 cm³/mol. The van der Waals surface area contributed by atoms with Gasteiger partial charge in [0, 0.05) is 11.9 Å². The fourth-order valence-corrected chi connectivity index (χ4v) is 1.89. The Balaban J connectivity index is 1.97. The number of carbonyl (C=O) groups excluding carboxylic acids is 1. The van der Waals surface area contributed by atoms with Crippen molar-refractivity contribution in [2.75, 3.05) is 5.32 Å². The maximum absolute atomic E-state index is 11.6. The van der Waals surface area contributed by atoms with Crippen LogP contribution in [-0.4, -0.2) is 20.8 Å². The number of nitrogens with one attached hydrogen (secondary N) is 1. The van der Waals surface area contributed by atoms with Crippen LogP contribution in [-0.2, 0) is 11.2 Å². The SMILES string of the molecule is O=C(Cc1ccccn1)Nc1ncc([N+](=O)[O-])s1. The average Bonchev–Trinajstić information content (AvgIpc) is 2.78. The number of carbonyl (C=O) groups is 1. The minimum absolute atomic E-state index is 0.105. The predicted octanol–water partition coefficient (Wildman–Crippen LogP) is 1.63. The maximum atomic E-state index is 11.6. The Kier molecular flexibility index (Phi) is 3.58. The van der Waals surface area contributed by atoms with E-state index in [2.05, 4.69) is 15.3 Å². The number of rotatable bonds is 4. The summed E-state index contributed by atoms with van der Waals surface area (Å²) in [6, 6.07) is 5.26. The lowest BCUT2D eigenvalue weighted by molar-refractivity contribution is -0.380. The van der Waals surface area contributed by atoms with E-state index in [9.17, 15) is 14.9 Å². The van der Waals surface area contributed by atoms with Gasteiger partial charge in [0.15, 0.2) is 5.13 Å². The van der Waals surface area contributed by atoms with Crippen LogP contribution in [0.25, 0.3) is 0 Å². The molecule has 0 aromatic carbocycles. The average molecular weight is 264 g/mol. The molecule has 2 heterocycles. The topological polar surface area (TPSA) is 98.0 Å². The summed E-state index contributed by atoms with van der Waals surface area (Å²) in [5.74, 6) is -0.307. The third-order valence-corrected chi connectivity index (χ3v) is 2.85. The highest BCUT2D eigenvalue weighted by molar-refractivity contribution is 7.18. The lowest BCUT2D eigenvalue weighted by Gasteiger charge is -2.00. The molecule has 8 heteroatoms. The zero-order valence-corrected chi connectivity index (χ0v) is 9.88. The van der Waals surface area contributed by atoms with Gasteiger partial charge in [-0.3, -0.25) is 19.9 Å². The summed E-state index contributed by atoms with van der Waals surface area (Å²) in [6.45, 7) is 0. The first-order valence-electron chi connectivity index (χ1n) is 4.95. The minimum Gasteiger partial charge on any atom is -0.301 e. The molecule has 0 aliphatic carbocycles. The molecule has 0 bridgehead atoms. The van der Waals surface area contributed by atoms with Crippen LogP contribution in [0.1, 0.15) is 5.69 Å². The fraction of sp³-hybridized carbons (Fsp3) is 0.100. The summed E-state index contributed by atoms with van der Waals surface area (Å²) in [5.41, 5.74) is 0.626. The molecule has 92 valence electrons. The van der Waals surface area contributed by atoms with Gasteiger partial charge >= 0.3 is 5.00 Å². The lowest BCUT2D eigenvalue weighted by atomic mass is 10.2. The molecule has 0 aliphatic heterocycles. The molecule has 18 heavy (non-hydrogen) atoms. The van der Waals surface area contributed by atoms with Gasteiger partial charge in [-0.05, 0) is 23.5 Å². The van der Waals surface area contributed by atoms with Crippen molar-refractivity contribution in [3.05, 3.63) is 46.4 Å². The molecule has 0 unspecified atom stereocenters. The van der Waals surface area contributed by atoms with E-state index in [4.69, 9.17) is 0 Å². The second-order valence-electron chi connectivity index (χ2n) is 3.31. The van der Waals surface area contributed by atoms with Gasteiger partial charge in [-0.25, -0.2) is 4.98 Å². The Bertz CT molecular complexity index is 570. The number of pyridine rings is 1. The summed E-state index contributed by atoms with van der Waals surface area (Å²) in [5, 5.41) is 13.0. The standard InChI is InChI=1S/C10H8N4O3S/c15-8(5-7-3-1-2-4-11-7)13-10-12-6-9(18-10)14(16)17/h1-4,6H,5H2,(H,12,13,15). The van der Waals surface area contributed by atoms with Crippen molar-refractivity contribution < 1.29 is 9.72 Å². The van der Waals surface area contributed by atoms with Gasteiger partial charge < -0.3 is 5.32 Å². The molecule has 0 fully saturated rings. The first-order chi connectivity index (χ1) is 8.65.